The van der Waals surface area contributed by atoms with Gasteiger partial charge in [-0.25, -0.2) is 14.5 Å². The van der Waals surface area contributed by atoms with Gasteiger partial charge in [0.1, 0.15) is 18.4 Å². The molecular formula is C19H16F3N5O2. The number of aromatic nitrogens is 3. The fraction of sp³-hybridized carbons (Fsp3) is 0.105. The second-order valence-corrected chi connectivity index (χ2v) is 5.76. The first-order chi connectivity index (χ1) is 13.9. The maximum absolute atomic E-state index is 13.1. The fourth-order valence-corrected chi connectivity index (χ4v) is 2.39. The molecule has 7 nitrogen and oxygen atoms in total. The van der Waals surface area contributed by atoms with Crippen molar-refractivity contribution in [2.45, 2.75) is 13.1 Å². The molecular weight excluding hydrogens is 387 g/mol. The Hall–Kier alpha value is -3.82. The summed E-state index contributed by atoms with van der Waals surface area (Å²) in [5.41, 5.74) is -0.302. The largest absolute Gasteiger partial charge is 0.465 e. The Morgan fingerprint density at radius 2 is 1.90 bits per heavy atom. The van der Waals surface area contributed by atoms with Gasteiger partial charge in [-0.15, -0.1) is 0 Å². The van der Waals surface area contributed by atoms with Crippen LogP contribution in [0.25, 0.3) is 5.69 Å². The van der Waals surface area contributed by atoms with E-state index in [1.165, 1.54) is 29.7 Å². The number of anilines is 2. The molecule has 1 heterocycles. The van der Waals surface area contributed by atoms with E-state index < -0.39 is 17.8 Å². The highest BCUT2D eigenvalue weighted by Gasteiger charge is 2.31. The van der Waals surface area contributed by atoms with Crippen LogP contribution in [0.5, 0.6) is 5.75 Å². The van der Waals surface area contributed by atoms with Crippen LogP contribution in [0.4, 0.5) is 29.3 Å². The van der Waals surface area contributed by atoms with Crippen LogP contribution in [0.1, 0.15) is 12.5 Å². The van der Waals surface area contributed by atoms with Crippen molar-refractivity contribution in [3.05, 3.63) is 73.0 Å². The lowest BCUT2D eigenvalue weighted by Gasteiger charge is -2.15. The van der Waals surface area contributed by atoms with Crippen LogP contribution in [0, 0.1) is 0 Å². The Morgan fingerprint density at radius 3 is 2.52 bits per heavy atom. The van der Waals surface area contributed by atoms with Crippen LogP contribution in [0.2, 0.25) is 0 Å². The lowest BCUT2D eigenvalue weighted by molar-refractivity contribution is -0.137. The number of rotatable bonds is 5. The number of hydrogen-bond donors (Lipinski definition) is 2. The minimum Gasteiger partial charge on any atom is -0.465 e. The molecule has 1 aromatic heterocycles. The molecule has 0 aliphatic heterocycles. The van der Waals surface area contributed by atoms with Gasteiger partial charge in [0.15, 0.2) is 0 Å². The number of carbonyl (C=O) groups is 1. The van der Waals surface area contributed by atoms with Gasteiger partial charge in [0, 0.05) is 5.69 Å². The number of amides is 2. The molecule has 2 N–H and O–H groups in total. The molecule has 0 saturated heterocycles. The monoisotopic (exact) mass is 403 g/mol. The van der Waals surface area contributed by atoms with Crippen molar-refractivity contribution in [2.24, 2.45) is 0 Å². The number of benzene rings is 2. The maximum Gasteiger partial charge on any atom is 0.416 e. The summed E-state index contributed by atoms with van der Waals surface area (Å²) in [7, 11) is 0. The number of urea groups is 1. The van der Waals surface area contributed by atoms with E-state index in [4.69, 9.17) is 4.74 Å². The first kappa shape index (κ1) is 19.9. The number of carbonyl (C=O) groups excluding carboxylic acids is 1. The van der Waals surface area contributed by atoms with Crippen molar-refractivity contribution in [2.75, 3.05) is 10.6 Å². The molecule has 0 unspecified atom stereocenters. The summed E-state index contributed by atoms with van der Waals surface area (Å²) in [6.07, 6.45) is 1.22. The molecule has 2 amide bonds. The first-order valence-electron chi connectivity index (χ1n) is 8.39. The Bertz CT molecular complexity index is 1000. The third-order valence-corrected chi connectivity index (χ3v) is 3.69. The smallest absolute Gasteiger partial charge is 0.416 e. The van der Waals surface area contributed by atoms with Crippen LogP contribution < -0.4 is 15.4 Å². The number of hydrogen-bond acceptors (Lipinski definition) is 4. The zero-order valence-electron chi connectivity index (χ0n) is 15.1. The lowest BCUT2D eigenvalue weighted by atomic mass is 10.1. The normalized spacial score (nSPS) is 11.4. The highest BCUT2D eigenvalue weighted by atomic mass is 19.4. The highest BCUT2D eigenvalue weighted by molar-refractivity contribution is 6.01. The Labute approximate surface area is 163 Å². The van der Waals surface area contributed by atoms with E-state index in [2.05, 4.69) is 20.7 Å². The molecule has 10 heteroatoms. The van der Waals surface area contributed by atoms with Crippen molar-refractivity contribution < 1.29 is 22.7 Å². The van der Waals surface area contributed by atoms with Crippen molar-refractivity contribution in [1.29, 1.82) is 0 Å². The van der Waals surface area contributed by atoms with Crippen LogP contribution in [0.15, 0.2) is 67.5 Å². The molecule has 0 saturated carbocycles. The third kappa shape index (κ3) is 5.12. The summed E-state index contributed by atoms with van der Waals surface area (Å²) in [4.78, 5) is 16.1. The molecule has 0 atom stereocenters. The zero-order valence-corrected chi connectivity index (χ0v) is 15.1. The minimum atomic E-state index is -4.56. The molecule has 0 bridgehead atoms. The van der Waals surface area contributed by atoms with Crippen molar-refractivity contribution >= 4 is 17.4 Å². The van der Waals surface area contributed by atoms with Crippen molar-refractivity contribution in [3.63, 3.8) is 0 Å². The van der Waals surface area contributed by atoms with Gasteiger partial charge in [0.05, 0.1) is 23.2 Å². The predicted molar refractivity (Wildman–Crippen MR) is 101 cm³/mol. The molecule has 0 aliphatic rings. The Morgan fingerprint density at radius 1 is 1.14 bits per heavy atom. The quantitative estimate of drug-likeness (QED) is 0.597. The second kappa shape index (κ2) is 8.46. The van der Waals surface area contributed by atoms with Gasteiger partial charge >= 0.3 is 12.2 Å². The van der Waals surface area contributed by atoms with E-state index in [1.807, 2.05) is 6.92 Å². The minimum absolute atomic E-state index is 0.0733. The van der Waals surface area contributed by atoms with E-state index in [0.29, 0.717) is 11.4 Å². The maximum atomic E-state index is 13.1. The molecule has 29 heavy (non-hydrogen) atoms. The van der Waals surface area contributed by atoms with E-state index in [9.17, 15) is 18.0 Å². The Kier molecular flexibility index (Phi) is 5.82. The summed E-state index contributed by atoms with van der Waals surface area (Å²) < 4.78 is 45.8. The molecule has 0 aliphatic carbocycles. The standard InChI is InChI=1S/C19H16F3N5O2/c1-2-9-29-15-6-4-14(5-7-15)25-18(28)26-16-10-13(19(20,21)22)3-8-17(16)27-12-23-11-24-27/h2-12H,1H3,(H2,25,26,28)/b9-2+. The fourth-order valence-electron chi connectivity index (χ4n) is 2.39. The van der Waals surface area contributed by atoms with Crippen LogP contribution in [-0.4, -0.2) is 20.8 Å². The molecule has 0 spiro atoms. The zero-order chi connectivity index (χ0) is 20.9. The Balaban J connectivity index is 1.79. The number of halogens is 3. The van der Waals surface area contributed by atoms with Gasteiger partial charge < -0.3 is 15.4 Å². The molecule has 3 aromatic rings. The topological polar surface area (TPSA) is 81.1 Å². The van der Waals surface area contributed by atoms with Gasteiger partial charge in [-0.05, 0) is 49.4 Å². The van der Waals surface area contributed by atoms with Crippen LogP contribution in [0.3, 0.4) is 0 Å². The number of nitrogens with one attached hydrogen (secondary N) is 2. The van der Waals surface area contributed by atoms with E-state index >= 15 is 0 Å². The van der Waals surface area contributed by atoms with Gasteiger partial charge in [-0.2, -0.15) is 18.3 Å². The third-order valence-electron chi connectivity index (χ3n) is 3.69. The van der Waals surface area contributed by atoms with Gasteiger partial charge in [0.2, 0.25) is 0 Å². The molecule has 0 fully saturated rings. The summed E-state index contributed by atoms with van der Waals surface area (Å²) in [5.74, 6) is 0.570. The highest BCUT2D eigenvalue weighted by Crippen LogP contribution is 2.33. The van der Waals surface area contributed by atoms with Crippen molar-refractivity contribution in [3.8, 4) is 11.4 Å². The van der Waals surface area contributed by atoms with Gasteiger partial charge in [-0.1, -0.05) is 6.08 Å². The summed E-state index contributed by atoms with van der Waals surface area (Å²) in [6.45, 7) is 1.81. The SMILES string of the molecule is C/C=C/Oc1ccc(NC(=O)Nc2cc(C(F)(F)F)ccc2-n2cncn2)cc1. The summed E-state index contributed by atoms with van der Waals surface area (Å²) in [6, 6.07) is 8.72. The number of allylic oxidation sites excluding steroid dienone is 1. The van der Waals surface area contributed by atoms with Crippen LogP contribution in [-0.2, 0) is 6.18 Å². The second-order valence-electron chi connectivity index (χ2n) is 5.76. The lowest BCUT2D eigenvalue weighted by Crippen LogP contribution is -2.21. The van der Waals surface area contributed by atoms with Crippen LogP contribution >= 0.6 is 0 Å². The molecule has 0 radical (unpaired) electrons. The van der Waals surface area contributed by atoms with E-state index in [1.54, 1.807) is 30.3 Å². The molecule has 2 aromatic carbocycles. The van der Waals surface area contributed by atoms with Gasteiger partial charge in [0.25, 0.3) is 0 Å². The number of alkyl halides is 3. The van der Waals surface area contributed by atoms with Crippen molar-refractivity contribution in [1.82, 2.24) is 14.8 Å². The number of nitrogens with zero attached hydrogens (tertiary/aromatic N) is 3. The summed E-state index contributed by atoms with van der Waals surface area (Å²) >= 11 is 0. The molecule has 3 rings (SSSR count). The van der Waals surface area contributed by atoms with E-state index in [0.717, 1.165) is 12.1 Å². The number of ether oxygens (including phenoxy) is 1. The predicted octanol–water partition coefficient (Wildman–Crippen LogP) is 4.84. The van der Waals surface area contributed by atoms with E-state index in [-0.39, 0.29) is 11.4 Å². The summed E-state index contributed by atoms with van der Waals surface area (Å²) in [5, 5.41) is 8.88. The first-order valence-corrected chi connectivity index (χ1v) is 8.39. The van der Waals surface area contributed by atoms with Gasteiger partial charge in [-0.3, -0.25) is 0 Å². The average molecular weight is 403 g/mol. The average Bonchev–Trinajstić information content (AvgIpc) is 3.21. The molecule has 150 valence electrons.